The second-order valence-corrected chi connectivity index (χ2v) is 4.08. The molecule has 9 nitrogen and oxygen atoms in total. The summed E-state index contributed by atoms with van der Waals surface area (Å²) in [6.45, 7) is -0.517. The number of hydrogen-bond donors (Lipinski definition) is 4. The molecule has 0 spiro atoms. The van der Waals surface area contributed by atoms with E-state index in [0.29, 0.717) is 0 Å². The van der Waals surface area contributed by atoms with Crippen molar-refractivity contribution in [3.63, 3.8) is 0 Å². The lowest BCUT2D eigenvalue weighted by Crippen LogP contribution is -2.38. The quantitative estimate of drug-likeness (QED) is 0.456. The van der Waals surface area contributed by atoms with Crippen molar-refractivity contribution >= 4 is 5.91 Å². The number of aromatic nitrogens is 2. The third-order valence-corrected chi connectivity index (χ3v) is 2.89. The van der Waals surface area contributed by atoms with Crippen LogP contribution in [0.5, 0.6) is 0 Å². The van der Waals surface area contributed by atoms with E-state index in [1.807, 2.05) is 0 Å². The van der Waals surface area contributed by atoms with Crippen molar-refractivity contribution < 1.29 is 24.9 Å². The van der Waals surface area contributed by atoms with E-state index < -0.39 is 48.3 Å². The lowest BCUT2D eigenvalue weighted by atomic mass is 10.1. The molecule has 2 unspecified atom stereocenters. The predicted octanol–water partition coefficient (Wildman–Crippen LogP) is -3.05. The Morgan fingerprint density at radius 1 is 1.47 bits per heavy atom. The van der Waals surface area contributed by atoms with Gasteiger partial charge in [-0.25, -0.2) is 4.98 Å². The Balaban J connectivity index is 2.41. The lowest BCUT2D eigenvalue weighted by molar-refractivity contribution is -0.0545. The van der Waals surface area contributed by atoms with Crippen molar-refractivity contribution in [2.45, 2.75) is 24.5 Å². The first-order valence-corrected chi connectivity index (χ1v) is 5.46. The third kappa shape index (κ3) is 2.24. The second-order valence-electron chi connectivity index (χ2n) is 4.08. The molecule has 1 aromatic heterocycles. The van der Waals surface area contributed by atoms with E-state index in [1.165, 1.54) is 6.20 Å². The van der Waals surface area contributed by atoms with Gasteiger partial charge in [0.1, 0.15) is 18.3 Å². The van der Waals surface area contributed by atoms with Crippen LogP contribution in [0.2, 0.25) is 0 Å². The number of carbonyl (C=O) groups is 1. The fourth-order valence-electron chi connectivity index (χ4n) is 1.90. The van der Waals surface area contributed by atoms with Crippen LogP contribution >= 0.6 is 0 Å². The number of ether oxygens (including phenoxy) is 1. The summed E-state index contributed by atoms with van der Waals surface area (Å²) in [5, 5.41) is 28.3. The Hall–Kier alpha value is -1.81. The molecule has 1 aromatic rings. The molecule has 0 radical (unpaired) electrons. The average Bonchev–Trinajstić information content (AvgIpc) is 2.66. The SMILES string of the molecule is NC(=O)c1nccn([C@@H]2O[C@H](CO)C(O)C2O)c1=O. The molecule has 1 aliphatic heterocycles. The first kappa shape index (κ1) is 13.6. The standard InChI is InChI=1S/C10H13N3O6/c11-8(17)5-9(18)13(2-1-12-5)10-7(16)6(15)4(3-14)19-10/h1-2,4,6-7,10,14-16H,3H2,(H2,11,17)/t4-,6?,7?,10-/m1/s1. The van der Waals surface area contributed by atoms with E-state index in [9.17, 15) is 19.8 Å². The van der Waals surface area contributed by atoms with Gasteiger partial charge in [-0.2, -0.15) is 0 Å². The maximum absolute atomic E-state index is 11.9. The Morgan fingerprint density at radius 2 is 2.16 bits per heavy atom. The number of nitrogens with zero attached hydrogens (tertiary/aromatic N) is 2. The van der Waals surface area contributed by atoms with Crippen LogP contribution in [0, 0.1) is 0 Å². The molecule has 2 heterocycles. The summed E-state index contributed by atoms with van der Waals surface area (Å²) in [4.78, 5) is 26.5. The summed E-state index contributed by atoms with van der Waals surface area (Å²) in [5.41, 5.74) is 3.65. The summed E-state index contributed by atoms with van der Waals surface area (Å²) in [6, 6.07) is 0. The molecule has 104 valence electrons. The normalized spacial score (nSPS) is 30.5. The van der Waals surface area contributed by atoms with E-state index in [2.05, 4.69) is 4.98 Å². The van der Waals surface area contributed by atoms with Crippen molar-refractivity contribution in [3.8, 4) is 0 Å². The lowest BCUT2D eigenvalue weighted by Gasteiger charge is -2.17. The third-order valence-electron chi connectivity index (χ3n) is 2.89. The minimum atomic E-state index is -1.42. The number of aliphatic hydroxyl groups is 3. The second kappa shape index (κ2) is 5.05. The van der Waals surface area contributed by atoms with Gasteiger partial charge in [0.05, 0.1) is 6.61 Å². The van der Waals surface area contributed by atoms with Crippen LogP contribution in [0.1, 0.15) is 16.7 Å². The van der Waals surface area contributed by atoms with Gasteiger partial charge in [0.2, 0.25) is 0 Å². The monoisotopic (exact) mass is 271 g/mol. The first-order chi connectivity index (χ1) is 8.97. The molecule has 1 amide bonds. The molecular formula is C10H13N3O6. The number of rotatable bonds is 3. The molecule has 0 aromatic carbocycles. The van der Waals surface area contributed by atoms with Crippen LogP contribution in [0.15, 0.2) is 17.2 Å². The number of nitrogens with two attached hydrogens (primary N) is 1. The smallest absolute Gasteiger partial charge is 0.284 e. The maximum Gasteiger partial charge on any atom is 0.284 e. The average molecular weight is 271 g/mol. The summed E-state index contributed by atoms with van der Waals surface area (Å²) in [6.07, 6.45) is -2.66. The zero-order chi connectivity index (χ0) is 14.2. The maximum atomic E-state index is 11.9. The van der Waals surface area contributed by atoms with Crippen LogP contribution in [0.3, 0.4) is 0 Å². The van der Waals surface area contributed by atoms with Crippen molar-refractivity contribution in [1.29, 1.82) is 0 Å². The Bertz CT molecular complexity index is 544. The molecular weight excluding hydrogens is 258 g/mol. The molecule has 1 aliphatic rings. The Morgan fingerprint density at radius 3 is 2.68 bits per heavy atom. The first-order valence-electron chi connectivity index (χ1n) is 5.46. The van der Waals surface area contributed by atoms with Gasteiger partial charge in [0.15, 0.2) is 11.9 Å². The van der Waals surface area contributed by atoms with Crippen molar-refractivity contribution in [2.75, 3.05) is 6.61 Å². The topological polar surface area (TPSA) is 148 Å². The van der Waals surface area contributed by atoms with Crippen LogP contribution in [0.25, 0.3) is 0 Å². The summed E-state index contributed by atoms with van der Waals surface area (Å²) < 4.78 is 6.07. The number of carbonyl (C=O) groups excluding carboxylic acids is 1. The Kier molecular flexibility index (Phi) is 3.62. The van der Waals surface area contributed by atoms with Gasteiger partial charge in [-0.05, 0) is 0 Å². The van der Waals surface area contributed by atoms with E-state index >= 15 is 0 Å². The molecule has 0 saturated carbocycles. The number of primary amides is 1. The predicted molar refractivity (Wildman–Crippen MR) is 60.0 cm³/mol. The van der Waals surface area contributed by atoms with Gasteiger partial charge in [0.25, 0.3) is 11.5 Å². The molecule has 4 atom stereocenters. The van der Waals surface area contributed by atoms with Crippen LogP contribution < -0.4 is 11.3 Å². The highest BCUT2D eigenvalue weighted by Gasteiger charge is 2.43. The largest absolute Gasteiger partial charge is 0.394 e. The molecule has 0 aliphatic carbocycles. The minimum Gasteiger partial charge on any atom is -0.394 e. The molecule has 0 bridgehead atoms. The summed E-state index contributed by atoms with van der Waals surface area (Å²) in [7, 11) is 0. The van der Waals surface area contributed by atoms with Gasteiger partial charge in [-0.1, -0.05) is 0 Å². The van der Waals surface area contributed by atoms with Crippen molar-refractivity contribution in [2.24, 2.45) is 5.73 Å². The van der Waals surface area contributed by atoms with E-state index in [-0.39, 0.29) is 0 Å². The van der Waals surface area contributed by atoms with Crippen LogP contribution in [-0.4, -0.2) is 55.7 Å². The highest BCUT2D eigenvalue weighted by atomic mass is 16.6. The molecule has 5 N–H and O–H groups in total. The molecule has 1 fully saturated rings. The minimum absolute atomic E-state index is 0.500. The van der Waals surface area contributed by atoms with Crippen LogP contribution in [0.4, 0.5) is 0 Å². The van der Waals surface area contributed by atoms with Gasteiger partial charge in [-0.3, -0.25) is 14.2 Å². The molecule has 19 heavy (non-hydrogen) atoms. The summed E-state index contributed by atoms with van der Waals surface area (Å²) in [5.74, 6) is -1.01. The van der Waals surface area contributed by atoms with E-state index in [4.69, 9.17) is 15.6 Å². The zero-order valence-corrected chi connectivity index (χ0v) is 9.71. The Labute approximate surface area is 106 Å². The van der Waals surface area contributed by atoms with Gasteiger partial charge in [-0.15, -0.1) is 0 Å². The fraction of sp³-hybridized carbons (Fsp3) is 0.500. The summed E-state index contributed by atoms with van der Waals surface area (Å²) >= 11 is 0. The number of amides is 1. The van der Waals surface area contributed by atoms with E-state index in [1.54, 1.807) is 0 Å². The zero-order valence-electron chi connectivity index (χ0n) is 9.71. The highest BCUT2D eigenvalue weighted by Crippen LogP contribution is 2.27. The highest BCUT2D eigenvalue weighted by molar-refractivity contribution is 5.90. The number of hydrogen-bond acceptors (Lipinski definition) is 7. The number of aliphatic hydroxyl groups excluding tert-OH is 3. The van der Waals surface area contributed by atoms with Crippen LogP contribution in [-0.2, 0) is 4.74 Å². The van der Waals surface area contributed by atoms with Gasteiger partial charge in [0, 0.05) is 12.4 Å². The van der Waals surface area contributed by atoms with E-state index in [0.717, 1.165) is 10.8 Å². The molecule has 1 saturated heterocycles. The fourth-order valence-corrected chi connectivity index (χ4v) is 1.90. The van der Waals surface area contributed by atoms with Crippen molar-refractivity contribution in [3.05, 3.63) is 28.4 Å². The van der Waals surface area contributed by atoms with Gasteiger partial charge >= 0.3 is 0 Å². The molecule has 2 rings (SSSR count). The van der Waals surface area contributed by atoms with Gasteiger partial charge < -0.3 is 25.8 Å². The van der Waals surface area contributed by atoms with Crippen molar-refractivity contribution in [1.82, 2.24) is 9.55 Å². The molecule has 9 heteroatoms.